The zero-order valence-corrected chi connectivity index (χ0v) is 16.9. The number of Topliss-reactive ketones (excluding diaryl/α,β-unsaturated/α-hetero) is 1. The monoisotopic (exact) mass is 374 g/mol. The number of pyridine rings is 1. The Hall–Kier alpha value is -2.11. The van der Waals surface area contributed by atoms with Gasteiger partial charge in [0.25, 0.3) is 0 Å². The van der Waals surface area contributed by atoms with Crippen LogP contribution in [0.1, 0.15) is 68.8 Å². The summed E-state index contributed by atoms with van der Waals surface area (Å²) < 4.78 is 10.8. The topological polar surface area (TPSA) is 68.7 Å². The minimum atomic E-state index is -0.510. The van der Waals surface area contributed by atoms with Crippen molar-refractivity contribution in [3.8, 4) is 5.88 Å². The van der Waals surface area contributed by atoms with E-state index in [1.165, 1.54) is 0 Å². The molecule has 2 fully saturated rings. The van der Waals surface area contributed by atoms with E-state index in [1.807, 2.05) is 32.6 Å². The van der Waals surface area contributed by atoms with Crippen molar-refractivity contribution < 1.29 is 19.1 Å². The van der Waals surface area contributed by atoms with E-state index in [1.54, 1.807) is 19.4 Å². The fourth-order valence-electron chi connectivity index (χ4n) is 4.33. The largest absolute Gasteiger partial charge is 0.481 e. The molecule has 2 bridgehead atoms. The molecule has 2 saturated heterocycles. The lowest BCUT2D eigenvalue weighted by Gasteiger charge is -2.48. The predicted octanol–water partition coefficient (Wildman–Crippen LogP) is 4.15. The molecule has 0 radical (unpaired) electrons. The molecule has 1 aromatic heterocycles. The molecule has 148 valence electrons. The van der Waals surface area contributed by atoms with Gasteiger partial charge in [-0.15, -0.1) is 0 Å². The molecule has 6 nitrogen and oxygen atoms in total. The summed E-state index contributed by atoms with van der Waals surface area (Å²) in [5.41, 5.74) is 1.03. The quantitative estimate of drug-likeness (QED) is 0.744. The zero-order chi connectivity index (χ0) is 19.8. The minimum Gasteiger partial charge on any atom is -0.481 e. The van der Waals surface area contributed by atoms with Crippen molar-refractivity contribution in [2.45, 2.75) is 77.5 Å². The first-order valence-corrected chi connectivity index (χ1v) is 9.75. The number of hydrogen-bond acceptors (Lipinski definition) is 5. The summed E-state index contributed by atoms with van der Waals surface area (Å²) in [6.45, 7) is 7.57. The second-order valence-electron chi connectivity index (χ2n) is 8.70. The van der Waals surface area contributed by atoms with E-state index in [2.05, 4.69) is 4.98 Å². The molecule has 0 spiro atoms. The number of ether oxygens (including phenoxy) is 2. The number of carbonyl (C=O) groups is 2. The third-order valence-corrected chi connectivity index (χ3v) is 5.51. The lowest BCUT2D eigenvalue weighted by molar-refractivity contribution is -0.0261. The van der Waals surface area contributed by atoms with Crippen LogP contribution >= 0.6 is 0 Å². The van der Waals surface area contributed by atoms with E-state index >= 15 is 0 Å². The van der Waals surface area contributed by atoms with Crippen LogP contribution in [0, 0.1) is 12.8 Å². The Kier molecular flexibility index (Phi) is 5.45. The molecule has 0 aromatic carbocycles. The highest BCUT2D eigenvalue weighted by atomic mass is 16.6. The van der Waals surface area contributed by atoms with E-state index in [0.717, 1.165) is 24.8 Å². The molecule has 6 heteroatoms. The number of carbonyl (C=O) groups excluding carboxylic acids is 2. The van der Waals surface area contributed by atoms with E-state index in [9.17, 15) is 9.59 Å². The van der Waals surface area contributed by atoms with Crippen LogP contribution < -0.4 is 4.74 Å². The van der Waals surface area contributed by atoms with Crippen molar-refractivity contribution in [3.63, 3.8) is 0 Å². The molecule has 2 atom stereocenters. The molecule has 1 amide bonds. The number of amides is 1. The van der Waals surface area contributed by atoms with Crippen molar-refractivity contribution in [1.82, 2.24) is 9.88 Å². The lowest BCUT2D eigenvalue weighted by atomic mass is 9.75. The first kappa shape index (κ1) is 19.6. The van der Waals surface area contributed by atoms with Crippen molar-refractivity contribution in [3.05, 3.63) is 23.4 Å². The Balaban J connectivity index is 1.76. The van der Waals surface area contributed by atoms with Gasteiger partial charge in [0, 0.05) is 35.8 Å². The van der Waals surface area contributed by atoms with Crippen LogP contribution in [0.3, 0.4) is 0 Å². The Bertz CT molecular complexity index is 711. The predicted molar refractivity (Wildman–Crippen MR) is 102 cm³/mol. The van der Waals surface area contributed by atoms with Crippen LogP contribution in [0.2, 0.25) is 0 Å². The molecular weight excluding hydrogens is 344 g/mol. The molecule has 0 saturated carbocycles. The van der Waals surface area contributed by atoms with Crippen LogP contribution in [-0.4, -0.2) is 46.6 Å². The normalized spacial score (nSPS) is 25.1. The Morgan fingerprint density at radius 2 is 1.81 bits per heavy atom. The number of nitrogens with zero attached hydrogens (tertiary/aromatic N) is 2. The lowest BCUT2D eigenvalue weighted by Crippen LogP contribution is -2.56. The van der Waals surface area contributed by atoms with Crippen LogP contribution in [0.5, 0.6) is 5.88 Å². The van der Waals surface area contributed by atoms with E-state index in [0.29, 0.717) is 24.3 Å². The molecular formula is C21H30N2O4. The molecule has 1 aromatic rings. The third kappa shape index (κ3) is 4.25. The van der Waals surface area contributed by atoms with Gasteiger partial charge < -0.3 is 14.4 Å². The highest BCUT2D eigenvalue weighted by molar-refractivity contribution is 5.99. The summed E-state index contributed by atoms with van der Waals surface area (Å²) in [5.74, 6) is 0.567. The molecule has 0 aliphatic carbocycles. The molecule has 27 heavy (non-hydrogen) atoms. The summed E-state index contributed by atoms with van der Waals surface area (Å²) in [6, 6.07) is 1.95. The van der Waals surface area contributed by atoms with Crippen molar-refractivity contribution >= 4 is 11.9 Å². The van der Waals surface area contributed by atoms with Gasteiger partial charge in [0.2, 0.25) is 5.88 Å². The average Bonchev–Trinajstić information content (AvgIpc) is 2.58. The number of rotatable bonds is 3. The van der Waals surface area contributed by atoms with Gasteiger partial charge in [0.15, 0.2) is 5.78 Å². The van der Waals surface area contributed by atoms with Crippen LogP contribution in [-0.2, 0) is 4.74 Å². The maximum atomic E-state index is 13.1. The fourth-order valence-corrected chi connectivity index (χ4v) is 4.33. The number of piperidine rings is 2. The summed E-state index contributed by atoms with van der Waals surface area (Å²) in [7, 11) is 1.57. The smallest absolute Gasteiger partial charge is 0.410 e. The molecule has 0 N–H and O–H groups in total. The zero-order valence-electron chi connectivity index (χ0n) is 16.9. The number of aryl methyl sites for hydroxylation is 1. The maximum absolute atomic E-state index is 13.1. The van der Waals surface area contributed by atoms with Gasteiger partial charge >= 0.3 is 6.09 Å². The van der Waals surface area contributed by atoms with Gasteiger partial charge in [0.1, 0.15) is 5.60 Å². The van der Waals surface area contributed by atoms with Gasteiger partial charge in [-0.25, -0.2) is 9.78 Å². The highest BCUT2D eigenvalue weighted by Gasteiger charge is 2.44. The molecule has 3 heterocycles. The second kappa shape index (κ2) is 7.49. The second-order valence-corrected chi connectivity index (χ2v) is 8.70. The number of aromatic nitrogens is 1. The fraction of sp³-hybridized carbons (Fsp3) is 0.667. The van der Waals surface area contributed by atoms with E-state index in [-0.39, 0.29) is 29.9 Å². The Morgan fingerprint density at radius 1 is 1.19 bits per heavy atom. The summed E-state index contributed by atoms with van der Waals surface area (Å²) >= 11 is 0. The standard InChI is InChI=1S/C21H30N2O4/c1-13-9-18(26-5)22-12-17(13)19(24)14-10-15-7-6-8-16(11-14)23(15)20(25)27-21(2,3)4/h9,12,14-16H,6-8,10-11H2,1-5H3. The third-order valence-electron chi connectivity index (χ3n) is 5.51. The van der Waals surface area contributed by atoms with Gasteiger partial charge in [-0.05, 0) is 65.4 Å². The van der Waals surface area contributed by atoms with Gasteiger partial charge in [-0.2, -0.15) is 0 Å². The highest BCUT2D eigenvalue weighted by Crippen LogP contribution is 2.39. The van der Waals surface area contributed by atoms with Crippen molar-refractivity contribution in [1.29, 1.82) is 0 Å². The number of fused-ring (bicyclic) bond motifs is 2. The van der Waals surface area contributed by atoms with Gasteiger partial charge in [-0.1, -0.05) is 0 Å². The first-order chi connectivity index (χ1) is 12.7. The van der Waals surface area contributed by atoms with E-state index in [4.69, 9.17) is 9.47 Å². The summed E-state index contributed by atoms with van der Waals surface area (Å²) in [4.78, 5) is 31.9. The van der Waals surface area contributed by atoms with Crippen LogP contribution in [0.15, 0.2) is 12.3 Å². The van der Waals surface area contributed by atoms with E-state index < -0.39 is 5.60 Å². The molecule has 2 unspecified atom stereocenters. The van der Waals surface area contributed by atoms with Gasteiger partial charge in [0.05, 0.1) is 7.11 Å². The Morgan fingerprint density at radius 3 is 2.33 bits per heavy atom. The van der Waals surface area contributed by atoms with Crippen LogP contribution in [0.25, 0.3) is 0 Å². The maximum Gasteiger partial charge on any atom is 0.410 e. The Labute approximate surface area is 161 Å². The molecule has 2 aliphatic heterocycles. The molecule has 3 rings (SSSR count). The summed E-state index contributed by atoms with van der Waals surface area (Å²) in [6.07, 6.45) is 5.72. The number of methoxy groups -OCH3 is 1. The first-order valence-electron chi connectivity index (χ1n) is 9.75. The summed E-state index contributed by atoms with van der Waals surface area (Å²) in [5, 5.41) is 0. The SMILES string of the molecule is COc1cc(C)c(C(=O)C2CC3CCCC(C2)N3C(=O)OC(C)(C)C)cn1. The minimum absolute atomic E-state index is 0.0760. The van der Waals surface area contributed by atoms with Gasteiger partial charge in [-0.3, -0.25) is 4.79 Å². The van der Waals surface area contributed by atoms with Crippen molar-refractivity contribution in [2.24, 2.45) is 5.92 Å². The number of hydrogen-bond donors (Lipinski definition) is 0. The average molecular weight is 374 g/mol. The van der Waals surface area contributed by atoms with Crippen LogP contribution in [0.4, 0.5) is 4.79 Å². The number of ketones is 1. The van der Waals surface area contributed by atoms with Crippen molar-refractivity contribution in [2.75, 3.05) is 7.11 Å². The molecule has 2 aliphatic rings.